The molecule has 4 heterocycles. The summed E-state index contributed by atoms with van der Waals surface area (Å²) >= 11 is 0. The Labute approximate surface area is 204 Å². The fraction of sp³-hybridized carbons (Fsp3) is 0. The van der Waals surface area contributed by atoms with Gasteiger partial charge in [-0.25, -0.2) is 10.0 Å². The van der Waals surface area contributed by atoms with Crippen molar-refractivity contribution in [1.82, 2.24) is 10.9 Å². The van der Waals surface area contributed by atoms with Crippen molar-refractivity contribution in [3.63, 3.8) is 0 Å². The van der Waals surface area contributed by atoms with Gasteiger partial charge in [-0.15, -0.1) is 0 Å². The Kier molecular flexibility index (Phi) is 3.99. The zero-order chi connectivity index (χ0) is 24.6. The van der Waals surface area contributed by atoms with E-state index in [0.29, 0.717) is 44.4 Å². The van der Waals surface area contributed by atoms with Crippen molar-refractivity contribution in [2.24, 2.45) is 0 Å². The van der Waals surface area contributed by atoms with E-state index >= 15 is 0 Å². The Balaban J connectivity index is 1.38. The summed E-state index contributed by atoms with van der Waals surface area (Å²) in [4.78, 5) is 52.5. The number of carbonyl (C=O) groups is 4. The van der Waals surface area contributed by atoms with E-state index in [1.165, 1.54) is 10.0 Å². The number of anilines is 2. The molecule has 6 aromatic rings. The minimum atomic E-state index is -0.424. The van der Waals surface area contributed by atoms with Gasteiger partial charge in [-0.3, -0.25) is 30.0 Å². The lowest BCUT2D eigenvalue weighted by atomic mass is 9.91. The molecule has 0 aromatic heterocycles. The number of nitrogens with one attached hydrogen (secondary N) is 2. The van der Waals surface area contributed by atoms with Gasteiger partial charge < -0.3 is 0 Å². The minimum Gasteiger partial charge on any atom is -0.267 e. The van der Waals surface area contributed by atoms with E-state index in [4.69, 9.17) is 0 Å². The zero-order valence-electron chi connectivity index (χ0n) is 18.6. The minimum absolute atomic E-state index is 0.344. The van der Waals surface area contributed by atoms with Gasteiger partial charge in [0.1, 0.15) is 0 Å². The Morgan fingerprint density at radius 2 is 0.861 bits per heavy atom. The monoisotopic (exact) mass is 472 g/mol. The van der Waals surface area contributed by atoms with Crippen molar-refractivity contribution >= 4 is 56.5 Å². The molecule has 2 N–H and O–H groups in total. The fourth-order valence-corrected chi connectivity index (χ4v) is 4.92. The third-order valence-electron chi connectivity index (χ3n) is 6.74. The molecule has 0 aliphatic carbocycles. The first-order valence-electron chi connectivity index (χ1n) is 11.3. The van der Waals surface area contributed by atoms with E-state index in [1.807, 2.05) is 24.3 Å². The molecule has 172 valence electrons. The number of hydrazine groups is 2. The summed E-state index contributed by atoms with van der Waals surface area (Å²) in [7, 11) is 0. The van der Waals surface area contributed by atoms with Gasteiger partial charge in [-0.1, -0.05) is 24.3 Å². The molecule has 4 aliphatic heterocycles. The van der Waals surface area contributed by atoms with Gasteiger partial charge in [-0.05, 0) is 71.4 Å². The molecule has 8 nitrogen and oxygen atoms in total. The second kappa shape index (κ2) is 7.13. The van der Waals surface area contributed by atoms with Crippen LogP contribution in [0.5, 0.6) is 0 Å². The fourth-order valence-electron chi connectivity index (χ4n) is 4.92. The van der Waals surface area contributed by atoms with Crippen LogP contribution in [0.1, 0.15) is 41.4 Å². The third kappa shape index (κ3) is 2.75. The molecule has 4 amide bonds. The molecule has 4 aliphatic rings. The first kappa shape index (κ1) is 20.2. The second-order valence-corrected chi connectivity index (χ2v) is 8.74. The summed E-state index contributed by atoms with van der Waals surface area (Å²) in [6, 6.07) is 24.2. The molecule has 36 heavy (non-hydrogen) atoms. The highest BCUT2D eigenvalue weighted by Crippen LogP contribution is 2.36. The van der Waals surface area contributed by atoms with E-state index in [2.05, 4.69) is 10.9 Å². The molecule has 8 heteroatoms. The van der Waals surface area contributed by atoms with Crippen LogP contribution in [0.3, 0.4) is 0 Å². The number of hydrogen-bond donors (Lipinski definition) is 2. The van der Waals surface area contributed by atoms with Crippen LogP contribution in [0.25, 0.3) is 21.5 Å². The summed E-state index contributed by atoms with van der Waals surface area (Å²) in [6.45, 7) is 0. The predicted octanol–water partition coefficient (Wildman–Crippen LogP) is 4.04. The smallest absolute Gasteiger partial charge is 0.267 e. The van der Waals surface area contributed by atoms with E-state index in [9.17, 15) is 19.2 Å². The highest BCUT2D eigenvalue weighted by Gasteiger charge is 2.30. The SMILES string of the molecule is O=C1NN(C(=O)c2ccc(C(=O)N3NC(=O)c4ccc3cc4)c3c4ccc(cc4)c23)c2ccc1cc2. The van der Waals surface area contributed by atoms with Gasteiger partial charge in [0.25, 0.3) is 23.6 Å². The summed E-state index contributed by atoms with van der Waals surface area (Å²) in [5.41, 5.74) is 7.98. The van der Waals surface area contributed by atoms with Gasteiger partial charge in [0, 0.05) is 21.9 Å². The third-order valence-corrected chi connectivity index (χ3v) is 6.74. The van der Waals surface area contributed by atoms with Crippen LogP contribution in [0.15, 0.2) is 84.9 Å². The first-order valence-corrected chi connectivity index (χ1v) is 11.3. The van der Waals surface area contributed by atoms with Gasteiger partial charge in [0.2, 0.25) is 0 Å². The molecular weight excluding hydrogens is 456 g/mol. The second-order valence-electron chi connectivity index (χ2n) is 8.74. The van der Waals surface area contributed by atoms with Crippen molar-refractivity contribution < 1.29 is 19.2 Å². The lowest BCUT2D eigenvalue weighted by molar-refractivity contribution is 0.0889. The standard InChI is InChI=1S/C28H16N4O4/c33-25-17-5-9-19(10-6-17)31(29-25)27(35)21-13-14-22(24-16-2-1-15(3-4-16)23(21)24)28(36)32-20-11-7-18(8-12-20)26(34)30-32/h1-14H,(H,29,33)(H,30,34). The Bertz CT molecular complexity index is 1610. The molecule has 0 fully saturated rings. The van der Waals surface area contributed by atoms with E-state index in [1.54, 1.807) is 60.7 Å². The van der Waals surface area contributed by atoms with Crippen molar-refractivity contribution in [1.29, 1.82) is 0 Å². The molecule has 6 bridgehead atoms. The zero-order valence-corrected chi connectivity index (χ0v) is 18.6. The lowest BCUT2D eigenvalue weighted by Crippen LogP contribution is -2.46. The molecule has 6 aromatic carbocycles. The van der Waals surface area contributed by atoms with Crippen molar-refractivity contribution in [2.75, 3.05) is 10.0 Å². The summed E-state index contributed by atoms with van der Waals surface area (Å²) in [5, 5.41) is 5.22. The van der Waals surface area contributed by atoms with Crippen molar-refractivity contribution in [3.8, 4) is 0 Å². The van der Waals surface area contributed by atoms with Crippen LogP contribution in [0, 0.1) is 0 Å². The number of amides is 4. The van der Waals surface area contributed by atoms with Crippen LogP contribution in [-0.4, -0.2) is 23.6 Å². The highest BCUT2D eigenvalue weighted by atomic mass is 16.2. The normalized spacial score (nSPS) is 14.2. The number of fused-ring (bicyclic) bond motifs is 10. The topological polar surface area (TPSA) is 98.8 Å². The summed E-state index contributed by atoms with van der Waals surface area (Å²) in [6.07, 6.45) is 0. The lowest BCUT2D eigenvalue weighted by Gasteiger charge is -2.24. The van der Waals surface area contributed by atoms with Crippen molar-refractivity contribution in [3.05, 3.63) is 107 Å². The number of nitrogens with zero attached hydrogens (tertiary/aromatic N) is 2. The van der Waals surface area contributed by atoms with Crippen molar-refractivity contribution in [2.45, 2.75) is 0 Å². The number of carbonyl (C=O) groups excluding carboxylic acids is 4. The van der Waals surface area contributed by atoms with Crippen LogP contribution < -0.4 is 20.9 Å². The summed E-state index contributed by atoms with van der Waals surface area (Å²) < 4.78 is 0. The molecule has 0 saturated heterocycles. The van der Waals surface area contributed by atoms with E-state index in [0.717, 1.165) is 10.8 Å². The van der Waals surface area contributed by atoms with Gasteiger partial charge in [0.15, 0.2) is 0 Å². The molecule has 0 saturated carbocycles. The predicted molar refractivity (Wildman–Crippen MR) is 134 cm³/mol. The average molecular weight is 472 g/mol. The summed E-state index contributed by atoms with van der Waals surface area (Å²) in [5.74, 6) is -1.61. The highest BCUT2D eigenvalue weighted by molar-refractivity contribution is 6.28. The van der Waals surface area contributed by atoms with E-state index in [-0.39, 0.29) is 11.8 Å². The number of benzene rings is 6. The molecule has 0 atom stereocenters. The molecule has 10 rings (SSSR count). The Morgan fingerprint density at radius 1 is 0.500 bits per heavy atom. The molecule has 0 unspecified atom stereocenters. The average Bonchev–Trinajstić information content (AvgIpc) is 3.33. The number of rotatable bonds is 2. The van der Waals surface area contributed by atoms with Crippen LogP contribution in [0.4, 0.5) is 11.4 Å². The molecular formula is C28H16N4O4. The Hall–Kier alpha value is -5.24. The van der Waals surface area contributed by atoms with Gasteiger partial charge in [-0.2, -0.15) is 0 Å². The molecule has 0 radical (unpaired) electrons. The Morgan fingerprint density at radius 3 is 1.22 bits per heavy atom. The maximum atomic E-state index is 13.8. The molecule has 0 spiro atoms. The maximum Gasteiger partial charge on any atom is 0.277 e. The van der Waals surface area contributed by atoms with Crippen LogP contribution >= 0.6 is 0 Å². The van der Waals surface area contributed by atoms with Gasteiger partial charge in [0.05, 0.1) is 22.5 Å². The maximum absolute atomic E-state index is 13.8. The van der Waals surface area contributed by atoms with Gasteiger partial charge >= 0.3 is 0 Å². The number of hydrogen-bond acceptors (Lipinski definition) is 4. The van der Waals surface area contributed by atoms with E-state index < -0.39 is 11.8 Å². The van der Waals surface area contributed by atoms with Crippen LogP contribution in [0.2, 0.25) is 0 Å². The first-order chi connectivity index (χ1) is 17.5. The largest absolute Gasteiger partial charge is 0.277 e. The van der Waals surface area contributed by atoms with Crippen LogP contribution in [-0.2, 0) is 0 Å². The quantitative estimate of drug-likeness (QED) is 0.405.